The van der Waals surface area contributed by atoms with Gasteiger partial charge in [-0.25, -0.2) is 4.98 Å². The van der Waals surface area contributed by atoms with E-state index in [1.165, 1.54) is 0 Å². The van der Waals surface area contributed by atoms with Gasteiger partial charge in [-0.05, 0) is 31.0 Å². The van der Waals surface area contributed by atoms with Gasteiger partial charge in [-0.1, -0.05) is 34.4 Å². The number of anilines is 5. The standard InChI is InChI=1S/C30H41ClN8O2P/c1-41-28-19-24(38-12-9-23(10-13-38)39-17-15-37(14-11-32)16-18-39)7-8-27(28)35-30-33-20-25(31)29(36-30)34-26-6-4-3-5-22(26)21-42(2)40/h3-8,19-20,23H,9-18,21,32H2,1-2H3,(H2,33,34,35,36)/q+1. The van der Waals surface area contributed by atoms with Crippen LogP contribution in [0.1, 0.15) is 18.4 Å². The van der Waals surface area contributed by atoms with Crippen LogP contribution < -0.4 is 26.0 Å². The fourth-order valence-corrected chi connectivity index (χ4v) is 6.68. The molecule has 3 aromatic rings. The van der Waals surface area contributed by atoms with Crippen LogP contribution in [0.3, 0.4) is 0 Å². The highest BCUT2D eigenvalue weighted by molar-refractivity contribution is 7.42. The molecule has 5 rings (SSSR count). The van der Waals surface area contributed by atoms with Crippen LogP contribution in [0.2, 0.25) is 5.02 Å². The second kappa shape index (κ2) is 14.4. The van der Waals surface area contributed by atoms with E-state index in [0.29, 0.717) is 29.0 Å². The van der Waals surface area contributed by atoms with E-state index in [4.69, 9.17) is 22.1 Å². The molecule has 0 aliphatic carbocycles. The molecule has 42 heavy (non-hydrogen) atoms. The first-order chi connectivity index (χ1) is 20.4. The Morgan fingerprint density at radius 3 is 2.52 bits per heavy atom. The number of nitrogens with zero attached hydrogens (tertiary/aromatic N) is 5. The summed E-state index contributed by atoms with van der Waals surface area (Å²) >= 11 is 6.44. The lowest BCUT2D eigenvalue weighted by Gasteiger charge is -2.43. The maximum absolute atomic E-state index is 11.9. The zero-order valence-corrected chi connectivity index (χ0v) is 26.1. The third-order valence-electron chi connectivity index (χ3n) is 8.04. The number of piperidine rings is 1. The molecule has 0 amide bonds. The summed E-state index contributed by atoms with van der Waals surface area (Å²) in [6, 6.07) is 14.6. The van der Waals surface area contributed by atoms with Gasteiger partial charge in [-0.15, -0.1) is 0 Å². The smallest absolute Gasteiger partial charge is 0.340 e. The summed E-state index contributed by atoms with van der Waals surface area (Å²) in [5.41, 5.74) is 9.40. The third-order valence-corrected chi connectivity index (χ3v) is 9.10. The lowest BCUT2D eigenvalue weighted by molar-refractivity contribution is 0.0866. The van der Waals surface area contributed by atoms with Gasteiger partial charge in [-0.2, -0.15) is 4.98 Å². The molecule has 2 aliphatic rings. The van der Waals surface area contributed by atoms with Crippen molar-refractivity contribution >= 4 is 48.2 Å². The molecule has 12 heteroatoms. The van der Waals surface area contributed by atoms with Crippen molar-refractivity contribution in [3.63, 3.8) is 0 Å². The molecule has 3 heterocycles. The molecule has 0 radical (unpaired) electrons. The monoisotopic (exact) mass is 611 g/mol. The fourth-order valence-electron chi connectivity index (χ4n) is 5.79. The van der Waals surface area contributed by atoms with Crippen LogP contribution in [-0.4, -0.2) is 91.9 Å². The molecule has 10 nitrogen and oxygen atoms in total. The molecule has 1 atom stereocenters. The number of hydrogen-bond donors (Lipinski definition) is 3. The first kappa shape index (κ1) is 30.4. The van der Waals surface area contributed by atoms with E-state index in [0.717, 1.165) is 93.6 Å². The van der Waals surface area contributed by atoms with Crippen molar-refractivity contribution in [3.8, 4) is 5.75 Å². The molecule has 2 aromatic carbocycles. The predicted octanol–water partition coefficient (Wildman–Crippen LogP) is 5.13. The Labute approximate surface area is 254 Å². The molecule has 1 aromatic heterocycles. The summed E-state index contributed by atoms with van der Waals surface area (Å²) in [4.78, 5) is 16.6. The Bertz CT molecular complexity index is 1360. The summed E-state index contributed by atoms with van der Waals surface area (Å²) in [5, 5.41) is 6.96. The van der Waals surface area contributed by atoms with Crippen LogP contribution in [0.4, 0.5) is 28.8 Å². The number of halogens is 1. The Hall–Kier alpha value is -3.01. The molecule has 1 unspecified atom stereocenters. The Balaban J connectivity index is 1.22. The van der Waals surface area contributed by atoms with Crippen molar-refractivity contribution in [1.82, 2.24) is 19.8 Å². The zero-order chi connectivity index (χ0) is 29.5. The molecular formula is C30H41ClN8O2P+. The maximum Gasteiger partial charge on any atom is 0.340 e. The normalized spacial score (nSPS) is 17.2. The largest absolute Gasteiger partial charge is 0.494 e. The molecule has 2 fully saturated rings. The number of benzene rings is 2. The fraction of sp³-hybridized carbons (Fsp3) is 0.467. The van der Waals surface area contributed by atoms with E-state index in [-0.39, 0.29) is 0 Å². The Kier molecular flexibility index (Phi) is 10.5. The van der Waals surface area contributed by atoms with Crippen molar-refractivity contribution in [2.75, 3.05) is 81.7 Å². The quantitative estimate of drug-likeness (QED) is 0.252. The summed E-state index contributed by atoms with van der Waals surface area (Å²) in [7, 11) is 0.343. The first-order valence-electron chi connectivity index (χ1n) is 14.6. The minimum atomic E-state index is -1.33. The van der Waals surface area contributed by atoms with Gasteiger partial charge in [-0.3, -0.25) is 9.80 Å². The van der Waals surface area contributed by atoms with Crippen molar-refractivity contribution in [3.05, 3.63) is 59.2 Å². The van der Waals surface area contributed by atoms with Gasteiger partial charge in [0.25, 0.3) is 0 Å². The van der Waals surface area contributed by atoms with Crippen molar-refractivity contribution < 1.29 is 9.30 Å². The van der Waals surface area contributed by atoms with Gasteiger partial charge < -0.3 is 26.0 Å². The molecule has 224 valence electrons. The van der Waals surface area contributed by atoms with Crippen LogP contribution >= 0.6 is 19.4 Å². The third kappa shape index (κ3) is 7.68. The predicted molar refractivity (Wildman–Crippen MR) is 173 cm³/mol. The van der Waals surface area contributed by atoms with E-state index < -0.39 is 7.80 Å². The topological polar surface area (TPSA) is 112 Å². The van der Waals surface area contributed by atoms with Crippen LogP contribution in [0.25, 0.3) is 0 Å². The van der Waals surface area contributed by atoms with E-state index in [2.05, 4.69) is 47.4 Å². The number of aromatic nitrogens is 2. The van der Waals surface area contributed by atoms with Crippen molar-refractivity contribution in [2.24, 2.45) is 5.73 Å². The number of hydrogen-bond acceptors (Lipinski definition) is 10. The first-order valence-corrected chi connectivity index (χ1v) is 16.8. The van der Waals surface area contributed by atoms with Gasteiger partial charge in [0.05, 0.1) is 19.0 Å². The molecule has 0 bridgehead atoms. The van der Waals surface area contributed by atoms with Gasteiger partial charge >= 0.3 is 7.80 Å². The minimum Gasteiger partial charge on any atom is -0.494 e. The van der Waals surface area contributed by atoms with Crippen molar-refractivity contribution in [1.29, 1.82) is 0 Å². The number of rotatable bonds is 11. The van der Waals surface area contributed by atoms with Gasteiger partial charge in [0.2, 0.25) is 5.95 Å². The van der Waals surface area contributed by atoms with Crippen molar-refractivity contribution in [2.45, 2.75) is 25.0 Å². The summed E-state index contributed by atoms with van der Waals surface area (Å²) in [5.74, 6) is 1.57. The number of piperazine rings is 1. The van der Waals surface area contributed by atoms with Gasteiger partial charge in [0.1, 0.15) is 17.4 Å². The number of nitrogens with two attached hydrogens (primary N) is 1. The molecule has 2 aliphatic heterocycles. The Morgan fingerprint density at radius 2 is 1.81 bits per heavy atom. The molecule has 0 saturated carbocycles. The zero-order valence-electron chi connectivity index (χ0n) is 24.4. The average Bonchev–Trinajstić information content (AvgIpc) is 3.00. The lowest BCUT2D eigenvalue weighted by Crippen LogP contribution is -2.53. The van der Waals surface area contributed by atoms with Crippen LogP contribution in [0.15, 0.2) is 48.7 Å². The summed E-state index contributed by atoms with van der Waals surface area (Å²) in [6.45, 7) is 10.0. The molecular weight excluding hydrogens is 571 g/mol. The SMILES string of the molecule is COc1cc(N2CCC(N3CCN(CCN)CC3)CC2)ccc1Nc1ncc(Cl)c(Nc2ccccc2C[P+](C)=O)n1. The summed E-state index contributed by atoms with van der Waals surface area (Å²) in [6.07, 6.45) is 4.35. The lowest BCUT2D eigenvalue weighted by atomic mass is 10.0. The van der Waals surface area contributed by atoms with Gasteiger partial charge in [0.15, 0.2) is 12.0 Å². The number of ether oxygens (including phenoxy) is 1. The highest BCUT2D eigenvalue weighted by atomic mass is 35.5. The number of para-hydroxylation sites is 1. The van der Waals surface area contributed by atoms with E-state index in [1.54, 1.807) is 20.0 Å². The molecule has 2 saturated heterocycles. The van der Waals surface area contributed by atoms with Crippen LogP contribution in [0.5, 0.6) is 5.75 Å². The average molecular weight is 612 g/mol. The van der Waals surface area contributed by atoms with Crippen LogP contribution in [-0.2, 0) is 10.7 Å². The number of methoxy groups -OCH3 is 1. The molecule has 0 spiro atoms. The van der Waals surface area contributed by atoms with E-state index >= 15 is 0 Å². The maximum atomic E-state index is 11.9. The highest BCUT2D eigenvalue weighted by Crippen LogP contribution is 2.35. The molecule has 4 N–H and O–H groups in total. The number of nitrogens with one attached hydrogen (secondary N) is 2. The second-order valence-electron chi connectivity index (χ2n) is 10.9. The van der Waals surface area contributed by atoms with E-state index in [9.17, 15) is 4.57 Å². The van der Waals surface area contributed by atoms with Gasteiger partial charge in [0, 0.05) is 81.4 Å². The highest BCUT2D eigenvalue weighted by Gasteiger charge is 2.27. The Morgan fingerprint density at radius 1 is 1.05 bits per heavy atom. The second-order valence-corrected chi connectivity index (χ2v) is 12.8. The summed E-state index contributed by atoms with van der Waals surface area (Å²) < 4.78 is 17.6. The van der Waals surface area contributed by atoms with Crippen LogP contribution in [0, 0.1) is 0 Å². The van der Waals surface area contributed by atoms with E-state index in [1.807, 2.05) is 30.3 Å². The minimum absolute atomic E-state index is 0.388.